The zero-order chi connectivity index (χ0) is 17.4. The lowest BCUT2D eigenvalue weighted by Gasteiger charge is -2.34. The average Bonchev–Trinajstić information content (AvgIpc) is 2.61. The SMILES string of the molecule is CCNC(=NCc1cccc(OC)c1O)N1CCC(OCC)CC1. The van der Waals surface area contributed by atoms with E-state index in [4.69, 9.17) is 9.47 Å². The van der Waals surface area contributed by atoms with Crippen molar-refractivity contribution in [1.82, 2.24) is 10.2 Å². The van der Waals surface area contributed by atoms with Gasteiger partial charge in [0.15, 0.2) is 17.5 Å². The van der Waals surface area contributed by atoms with Crippen LogP contribution in [-0.2, 0) is 11.3 Å². The van der Waals surface area contributed by atoms with Crippen molar-refractivity contribution in [3.8, 4) is 11.5 Å². The van der Waals surface area contributed by atoms with Gasteiger partial charge in [0.25, 0.3) is 0 Å². The fraction of sp³-hybridized carbons (Fsp3) is 0.611. The van der Waals surface area contributed by atoms with Crippen molar-refractivity contribution < 1.29 is 14.6 Å². The largest absolute Gasteiger partial charge is 0.504 e. The molecule has 1 aliphatic heterocycles. The molecule has 1 saturated heterocycles. The highest BCUT2D eigenvalue weighted by atomic mass is 16.5. The summed E-state index contributed by atoms with van der Waals surface area (Å²) in [5, 5.41) is 13.5. The van der Waals surface area contributed by atoms with Crippen LogP contribution in [0.2, 0.25) is 0 Å². The second-order valence-corrected chi connectivity index (χ2v) is 5.78. The maximum atomic E-state index is 10.2. The zero-order valence-electron chi connectivity index (χ0n) is 14.9. The molecule has 0 atom stereocenters. The molecule has 1 aromatic carbocycles. The number of phenols is 1. The number of likely N-dealkylation sites (tertiary alicyclic amines) is 1. The molecule has 0 aliphatic carbocycles. The normalized spacial score (nSPS) is 16.3. The number of piperidine rings is 1. The van der Waals surface area contributed by atoms with Gasteiger partial charge in [-0.2, -0.15) is 0 Å². The molecule has 0 bridgehead atoms. The van der Waals surface area contributed by atoms with Crippen molar-refractivity contribution in [3.63, 3.8) is 0 Å². The van der Waals surface area contributed by atoms with E-state index in [-0.39, 0.29) is 5.75 Å². The fourth-order valence-corrected chi connectivity index (χ4v) is 2.92. The number of rotatable bonds is 6. The van der Waals surface area contributed by atoms with Crippen LogP contribution < -0.4 is 10.1 Å². The van der Waals surface area contributed by atoms with Gasteiger partial charge in [0.1, 0.15) is 0 Å². The van der Waals surface area contributed by atoms with Gasteiger partial charge < -0.3 is 24.8 Å². The summed E-state index contributed by atoms with van der Waals surface area (Å²) in [6.45, 7) is 7.96. The number of aromatic hydroxyl groups is 1. The number of guanidine groups is 1. The van der Waals surface area contributed by atoms with Crippen molar-refractivity contribution >= 4 is 5.96 Å². The molecule has 0 spiro atoms. The summed E-state index contributed by atoms with van der Waals surface area (Å²) in [5.74, 6) is 1.52. The maximum Gasteiger partial charge on any atom is 0.194 e. The lowest BCUT2D eigenvalue weighted by Crippen LogP contribution is -2.47. The van der Waals surface area contributed by atoms with Crippen LogP contribution in [0.1, 0.15) is 32.3 Å². The second kappa shape index (κ2) is 9.37. The van der Waals surface area contributed by atoms with Gasteiger partial charge in [-0.1, -0.05) is 12.1 Å². The molecule has 1 aromatic rings. The standard InChI is InChI=1S/C18H29N3O3/c1-4-19-18(21-11-9-15(10-12-21)24-5-2)20-13-14-7-6-8-16(23-3)17(14)22/h6-8,15,22H,4-5,9-13H2,1-3H3,(H,19,20). The van der Waals surface area contributed by atoms with Gasteiger partial charge in [0.2, 0.25) is 0 Å². The summed E-state index contributed by atoms with van der Waals surface area (Å²) < 4.78 is 10.9. The topological polar surface area (TPSA) is 66.3 Å². The number of para-hydroxylation sites is 1. The first-order valence-electron chi connectivity index (χ1n) is 8.69. The van der Waals surface area contributed by atoms with Gasteiger partial charge in [0.05, 0.1) is 19.8 Å². The Labute approximate surface area is 144 Å². The highest BCUT2D eigenvalue weighted by Crippen LogP contribution is 2.29. The van der Waals surface area contributed by atoms with E-state index in [0.29, 0.717) is 18.4 Å². The van der Waals surface area contributed by atoms with E-state index in [1.807, 2.05) is 19.1 Å². The Kier molecular flexibility index (Phi) is 7.18. The lowest BCUT2D eigenvalue weighted by molar-refractivity contribution is 0.0263. The highest BCUT2D eigenvalue weighted by molar-refractivity contribution is 5.80. The number of hydrogen-bond acceptors (Lipinski definition) is 4. The molecule has 24 heavy (non-hydrogen) atoms. The fourth-order valence-electron chi connectivity index (χ4n) is 2.92. The Hall–Kier alpha value is -1.95. The van der Waals surface area contributed by atoms with E-state index >= 15 is 0 Å². The van der Waals surface area contributed by atoms with Crippen molar-refractivity contribution in [1.29, 1.82) is 0 Å². The van der Waals surface area contributed by atoms with Crippen molar-refractivity contribution in [3.05, 3.63) is 23.8 Å². The number of nitrogens with zero attached hydrogens (tertiary/aromatic N) is 2. The minimum atomic E-state index is 0.162. The summed E-state index contributed by atoms with van der Waals surface area (Å²) >= 11 is 0. The first-order chi connectivity index (χ1) is 11.7. The Morgan fingerprint density at radius 1 is 1.33 bits per heavy atom. The van der Waals surface area contributed by atoms with E-state index in [0.717, 1.165) is 50.6 Å². The van der Waals surface area contributed by atoms with Crippen molar-refractivity contribution in [2.45, 2.75) is 39.3 Å². The lowest BCUT2D eigenvalue weighted by atomic mass is 10.1. The minimum absolute atomic E-state index is 0.162. The molecule has 0 amide bonds. The minimum Gasteiger partial charge on any atom is -0.504 e. The van der Waals surface area contributed by atoms with Crippen molar-refractivity contribution in [2.24, 2.45) is 4.99 Å². The van der Waals surface area contributed by atoms with Crippen LogP contribution in [0.25, 0.3) is 0 Å². The first-order valence-corrected chi connectivity index (χ1v) is 8.69. The zero-order valence-corrected chi connectivity index (χ0v) is 14.9. The summed E-state index contributed by atoms with van der Waals surface area (Å²) in [4.78, 5) is 6.95. The summed E-state index contributed by atoms with van der Waals surface area (Å²) in [5.41, 5.74) is 0.758. The van der Waals surface area contributed by atoms with Crippen LogP contribution in [0.5, 0.6) is 11.5 Å². The predicted octanol–water partition coefficient (Wildman–Crippen LogP) is 2.37. The van der Waals surface area contributed by atoms with Crippen LogP contribution in [0, 0.1) is 0 Å². The number of nitrogens with one attached hydrogen (secondary N) is 1. The number of methoxy groups -OCH3 is 1. The van der Waals surface area contributed by atoms with Gasteiger partial charge >= 0.3 is 0 Å². The van der Waals surface area contributed by atoms with E-state index in [2.05, 4.69) is 22.1 Å². The molecule has 1 aliphatic rings. The van der Waals surface area contributed by atoms with Crippen LogP contribution in [-0.4, -0.2) is 55.4 Å². The predicted molar refractivity (Wildman–Crippen MR) is 95.7 cm³/mol. The van der Waals surface area contributed by atoms with Gasteiger partial charge in [-0.15, -0.1) is 0 Å². The van der Waals surface area contributed by atoms with Gasteiger partial charge in [-0.25, -0.2) is 4.99 Å². The highest BCUT2D eigenvalue weighted by Gasteiger charge is 2.21. The molecular weight excluding hydrogens is 306 g/mol. The molecule has 1 fully saturated rings. The van der Waals surface area contributed by atoms with Gasteiger partial charge in [0, 0.05) is 31.8 Å². The Morgan fingerprint density at radius 3 is 2.71 bits per heavy atom. The van der Waals surface area contributed by atoms with Crippen LogP contribution in [0.4, 0.5) is 0 Å². The summed E-state index contributed by atoms with van der Waals surface area (Å²) in [7, 11) is 1.55. The monoisotopic (exact) mass is 335 g/mol. The van der Waals surface area contributed by atoms with Crippen LogP contribution >= 0.6 is 0 Å². The third-order valence-corrected chi connectivity index (χ3v) is 4.18. The second-order valence-electron chi connectivity index (χ2n) is 5.78. The number of phenolic OH excluding ortho intramolecular Hbond substituents is 1. The maximum absolute atomic E-state index is 10.2. The Balaban J connectivity index is 2.04. The molecular formula is C18H29N3O3. The molecule has 6 nitrogen and oxygen atoms in total. The Bertz CT molecular complexity index is 540. The quantitative estimate of drug-likeness (QED) is 0.617. The Morgan fingerprint density at radius 2 is 2.08 bits per heavy atom. The van der Waals surface area contributed by atoms with Gasteiger partial charge in [-0.05, 0) is 32.8 Å². The molecule has 0 radical (unpaired) electrons. The smallest absolute Gasteiger partial charge is 0.194 e. The summed E-state index contributed by atoms with van der Waals surface area (Å²) in [6, 6.07) is 5.47. The third-order valence-electron chi connectivity index (χ3n) is 4.18. The molecule has 0 unspecified atom stereocenters. The number of benzene rings is 1. The summed E-state index contributed by atoms with van der Waals surface area (Å²) in [6.07, 6.45) is 2.39. The van der Waals surface area contributed by atoms with Crippen molar-refractivity contribution in [2.75, 3.05) is 33.4 Å². The van der Waals surface area contributed by atoms with E-state index in [9.17, 15) is 5.11 Å². The number of hydrogen-bond donors (Lipinski definition) is 2. The van der Waals surface area contributed by atoms with Crippen LogP contribution in [0.3, 0.4) is 0 Å². The number of aliphatic imine (C=N–C) groups is 1. The molecule has 6 heteroatoms. The third kappa shape index (κ3) is 4.77. The molecule has 0 saturated carbocycles. The first kappa shape index (κ1) is 18.4. The van der Waals surface area contributed by atoms with Crippen LogP contribution in [0.15, 0.2) is 23.2 Å². The van der Waals surface area contributed by atoms with E-state index in [1.54, 1.807) is 13.2 Å². The molecule has 2 N–H and O–H groups in total. The average molecular weight is 335 g/mol. The molecule has 1 heterocycles. The molecule has 0 aromatic heterocycles. The van der Waals surface area contributed by atoms with E-state index in [1.165, 1.54) is 0 Å². The van der Waals surface area contributed by atoms with E-state index < -0.39 is 0 Å². The van der Waals surface area contributed by atoms with Gasteiger partial charge in [-0.3, -0.25) is 0 Å². The molecule has 134 valence electrons. The number of ether oxygens (including phenoxy) is 2. The molecule has 2 rings (SSSR count).